The topological polar surface area (TPSA) is 49.4 Å². The van der Waals surface area contributed by atoms with E-state index in [4.69, 9.17) is 0 Å². The van der Waals surface area contributed by atoms with Gasteiger partial charge in [-0.3, -0.25) is 9.62 Å². The van der Waals surface area contributed by atoms with E-state index in [0.717, 1.165) is 30.5 Å². The van der Waals surface area contributed by atoms with Gasteiger partial charge in [0.1, 0.15) is 11.6 Å². The number of nitrogens with one attached hydrogen (secondary N) is 1. The highest BCUT2D eigenvalue weighted by atomic mass is 32.2. The first-order valence-electron chi connectivity index (χ1n) is 9.12. The minimum absolute atomic E-state index is 0.421. The van der Waals surface area contributed by atoms with Gasteiger partial charge >= 0.3 is 0 Å². The Morgan fingerprint density at radius 2 is 1.67 bits per heavy atom. The van der Waals surface area contributed by atoms with Gasteiger partial charge in [0, 0.05) is 18.7 Å². The van der Waals surface area contributed by atoms with Crippen LogP contribution >= 0.6 is 0 Å². The Balaban J connectivity index is 1.81. The summed E-state index contributed by atoms with van der Waals surface area (Å²) in [6.45, 7) is 0.598. The molecule has 0 aliphatic heterocycles. The van der Waals surface area contributed by atoms with Gasteiger partial charge in [-0.25, -0.2) is 17.2 Å². The molecular formula is C20H24F2N2O2S. The second-order valence-corrected chi connectivity index (χ2v) is 8.76. The number of halogens is 2. The van der Waals surface area contributed by atoms with Gasteiger partial charge in [-0.1, -0.05) is 37.5 Å². The molecule has 1 fully saturated rings. The lowest BCUT2D eigenvalue weighted by Gasteiger charge is -2.31. The molecule has 0 atom stereocenters. The first-order valence-corrected chi connectivity index (χ1v) is 10.6. The lowest BCUT2D eigenvalue weighted by Crippen LogP contribution is -2.33. The maximum absolute atomic E-state index is 13.4. The van der Waals surface area contributed by atoms with Gasteiger partial charge in [0.25, 0.3) is 10.0 Å². The van der Waals surface area contributed by atoms with Crippen LogP contribution in [0.2, 0.25) is 0 Å². The average molecular weight is 394 g/mol. The molecule has 1 aliphatic carbocycles. The minimum atomic E-state index is -4.09. The Bertz CT molecular complexity index is 876. The number of hydrogen-bond acceptors (Lipinski definition) is 3. The summed E-state index contributed by atoms with van der Waals surface area (Å²) in [4.78, 5) is 1.81. The summed E-state index contributed by atoms with van der Waals surface area (Å²) in [5.74, 6) is -1.86. The summed E-state index contributed by atoms with van der Waals surface area (Å²) < 4.78 is 54.5. The largest absolute Gasteiger partial charge is 0.299 e. The zero-order valence-electron chi connectivity index (χ0n) is 15.3. The van der Waals surface area contributed by atoms with Crippen molar-refractivity contribution >= 4 is 15.7 Å². The summed E-state index contributed by atoms with van der Waals surface area (Å²) in [7, 11) is -2.05. The quantitative estimate of drug-likeness (QED) is 0.783. The molecule has 1 aliphatic rings. The molecule has 0 spiro atoms. The van der Waals surface area contributed by atoms with Crippen molar-refractivity contribution in [2.45, 2.75) is 49.6 Å². The van der Waals surface area contributed by atoms with E-state index in [1.165, 1.54) is 19.3 Å². The van der Waals surface area contributed by atoms with E-state index in [-0.39, 0.29) is 0 Å². The number of nitrogens with zero attached hydrogens (tertiary/aromatic N) is 1. The van der Waals surface area contributed by atoms with Gasteiger partial charge in [0.2, 0.25) is 0 Å². The van der Waals surface area contributed by atoms with Crippen molar-refractivity contribution in [3.05, 3.63) is 59.7 Å². The van der Waals surface area contributed by atoms with Crippen molar-refractivity contribution in [3.8, 4) is 0 Å². The van der Waals surface area contributed by atoms with Crippen molar-refractivity contribution in [1.82, 2.24) is 4.90 Å². The summed E-state index contributed by atoms with van der Waals surface area (Å²) in [5, 5.41) is 0. The fourth-order valence-corrected chi connectivity index (χ4v) is 4.71. The van der Waals surface area contributed by atoms with E-state index in [2.05, 4.69) is 9.62 Å². The van der Waals surface area contributed by atoms with Gasteiger partial charge in [0.05, 0.1) is 10.6 Å². The Morgan fingerprint density at radius 3 is 2.33 bits per heavy atom. The van der Waals surface area contributed by atoms with E-state index in [1.54, 1.807) is 12.1 Å². The number of rotatable bonds is 6. The van der Waals surface area contributed by atoms with Gasteiger partial charge < -0.3 is 0 Å². The lowest BCUT2D eigenvalue weighted by atomic mass is 9.94. The standard InChI is InChI=1S/C20H24F2N2O2S/c1-24(18-8-3-2-4-9-18)14-15-7-5-6-10-20(15)23-27(25,26)19-12-16(21)11-17(22)13-19/h5-7,10-13,18,23H,2-4,8-9,14H2,1H3. The van der Waals surface area contributed by atoms with Crippen molar-refractivity contribution < 1.29 is 17.2 Å². The number of benzene rings is 2. The molecule has 0 heterocycles. The zero-order valence-corrected chi connectivity index (χ0v) is 16.1. The van der Waals surface area contributed by atoms with Crippen LogP contribution in [0.5, 0.6) is 0 Å². The minimum Gasteiger partial charge on any atom is -0.299 e. The number of hydrogen-bond donors (Lipinski definition) is 1. The normalized spacial score (nSPS) is 15.9. The molecule has 0 unspecified atom stereocenters. The molecule has 146 valence electrons. The highest BCUT2D eigenvalue weighted by Crippen LogP contribution is 2.26. The number of para-hydroxylation sites is 1. The van der Waals surface area contributed by atoms with E-state index >= 15 is 0 Å². The van der Waals surface area contributed by atoms with E-state index in [1.807, 2.05) is 19.2 Å². The van der Waals surface area contributed by atoms with Crippen LogP contribution in [0.1, 0.15) is 37.7 Å². The van der Waals surface area contributed by atoms with Crippen molar-refractivity contribution in [1.29, 1.82) is 0 Å². The van der Waals surface area contributed by atoms with Crippen molar-refractivity contribution in [2.75, 3.05) is 11.8 Å². The van der Waals surface area contributed by atoms with Crippen LogP contribution in [0.3, 0.4) is 0 Å². The molecule has 0 aromatic heterocycles. The molecule has 7 heteroatoms. The summed E-state index contributed by atoms with van der Waals surface area (Å²) in [6.07, 6.45) is 5.99. The smallest absolute Gasteiger partial charge is 0.262 e. The summed E-state index contributed by atoms with van der Waals surface area (Å²) in [6, 6.07) is 9.86. The van der Waals surface area contributed by atoms with Gasteiger partial charge in [-0.15, -0.1) is 0 Å². The molecule has 1 N–H and O–H groups in total. The molecule has 0 amide bonds. The van der Waals surface area contributed by atoms with Crippen LogP contribution in [0, 0.1) is 11.6 Å². The maximum Gasteiger partial charge on any atom is 0.262 e. The van der Waals surface area contributed by atoms with Gasteiger partial charge in [-0.2, -0.15) is 0 Å². The van der Waals surface area contributed by atoms with Crippen molar-refractivity contribution in [3.63, 3.8) is 0 Å². The number of sulfonamides is 1. The molecule has 0 saturated heterocycles. The highest BCUT2D eigenvalue weighted by molar-refractivity contribution is 7.92. The second kappa shape index (κ2) is 8.35. The third-order valence-electron chi connectivity index (χ3n) is 5.03. The summed E-state index contributed by atoms with van der Waals surface area (Å²) >= 11 is 0. The molecular weight excluding hydrogens is 370 g/mol. The molecule has 4 nitrogen and oxygen atoms in total. The lowest BCUT2D eigenvalue weighted by molar-refractivity contribution is 0.185. The summed E-state index contributed by atoms with van der Waals surface area (Å²) in [5.41, 5.74) is 1.25. The molecule has 3 rings (SSSR count). The Hall–Kier alpha value is -1.99. The molecule has 27 heavy (non-hydrogen) atoms. The first kappa shape index (κ1) is 19.8. The van der Waals surface area contributed by atoms with Crippen LogP contribution in [0.4, 0.5) is 14.5 Å². The van der Waals surface area contributed by atoms with Crippen molar-refractivity contribution in [2.24, 2.45) is 0 Å². The Labute approximate surface area is 159 Å². The fraction of sp³-hybridized carbons (Fsp3) is 0.400. The Kier molecular flexibility index (Phi) is 6.11. The molecule has 0 radical (unpaired) electrons. The van der Waals surface area contributed by atoms with Crippen LogP contribution in [-0.4, -0.2) is 26.4 Å². The molecule has 2 aromatic carbocycles. The van der Waals surface area contributed by atoms with Crippen LogP contribution < -0.4 is 4.72 Å². The second-order valence-electron chi connectivity index (χ2n) is 7.07. The number of anilines is 1. The van der Waals surface area contributed by atoms with Crippen LogP contribution in [0.25, 0.3) is 0 Å². The molecule has 2 aromatic rings. The third-order valence-corrected chi connectivity index (χ3v) is 6.37. The monoisotopic (exact) mass is 394 g/mol. The molecule has 1 saturated carbocycles. The Morgan fingerprint density at radius 1 is 1.04 bits per heavy atom. The van der Waals surface area contributed by atoms with Crippen LogP contribution in [-0.2, 0) is 16.6 Å². The van der Waals surface area contributed by atoms with E-state index in [0.29, 0.717) is 24.3 Å². The zero-order chi connectivity index (χ0) is 19.4. The van der Waals surface area contributed by atoms with Crippen LogP contribution in [0.15, 0.2) is 47.4 Å². The van der Waals surface area contributed by atoms with Gasteiger partial charge in [0.15, 0.2) is 0 Å². The third kappa shape index (κ3) is 5.05. The highest BCUT2D eigenvalue weighted by Gasteiger charge is 2.21. The first-order chi connectivity index (χ1) is 12.8. The molecule has 0 bridgehead atoms. The average Bonchev–Trinajstić information content (AvgIpc) is 2.63. The SMILES string of the molecule is CN(Cc1ccccc1NS(=O)(=O)c1cc(F)cc(F)c1)C1CCCCC1. The predicted molar refractivity (Wildman–Crippen MR) is 102 cm³/mol. The maximum atomic E-state index is 13.4. The van der Waals surface area contributed by atoms with Gasteiger partial charge in [-0.05, 0) is 43.7 Å². The van der Waals surface area contributed by atoms with E-state index in [9.17, 15) is 17.2 Å². The fourth-order valence-electron chi connectivity index (χ4n) is 3.56. The van der Waals surface area contributed by atoms with E-state index < -0.39 is 26.6 Å². The predicted octanol–water partition coefficient (Wildman–Crippen LogP) is 4.53.